The molecule has 3 nitrogen and oxygen atoms in total. The number of nitrogens with zero attached hydrogens (tertiary/aromatic N) is 2. The molecule has 1 aliphatic carbocycles. The van der Waals surface area contributed by atoms with Gasteiger partial charge < -0.3 is 5.32 Å². The van der Waals surface area contributed by atoms with Gasteiger partial charge in [0.1, 0.15) is 16.2 Å². The number of aromatic nitrogens is 2. The molecule has 1 aliphatic rings. The van der Waals surface area contributed by atoms with Gasteiger partial charge in [-0.25, -0.2) is 9.97 Å². The minimum Gasteiger partial charge on any atom is -0.369 e. The molecule has 1 heterocycles. The molecule has 1 aromatic heterocycles. The van der Waals surface area contributed by atoms with Crippen molar-refractivity contribution in [2.75, 3.05) is 18.1 Å². The fraction of sp³-hybridized carbons (Fsp3) is 0.714. The molecular formula is C14H22BrN3S. The highest BCUT2D eigenvalue weighted by Crippen LogP contribution is 2.38. The van der Waals surface area contributed by atoms with E-state index in [0.29, 0.717) is 4.75 Å². The summed E-state index contributed by atoms with van der Waals surface area (Å²) >= 11 is 5.46. The van der Waals surface area contributed by atoms with Crippen molar-refractivity contribution in [2.45, 2.75) is 50.2 Å². The lowest BCUT2D eigenvalue weighted by atomic mass is 9.88. The van der Waals surface area contributed by atoms with Gasteiger partial charge in [0, 0.05) is 23.8 Å². The molecule has 1 aromatic rings. The minimum absolute atomic E-state index is 0.391. The van der Waals surface area contributed by atoms with Crippen LogP contribution >= 0.6 is 27.7 Å². The molecule has 0 saturated heterocycles. The molecule has 2 rings (SSSR count). The van der Waals surface area contributed by atoms with Crippen molar-refractivity contribution in [1.29, 1.82) is 0 Å². The number of hydrogen-bond acceptors (Lipinski definition) is 4. The molecule has 0 spiro atoms. The van der Waals surface area contributed by atoms with Gasteiger partial charge in [-0.1, -0.05) is 26.2 Å². The van der Waals surface area contributed by atoms with Crippen molar-refractivity contribution in [2.24, 2.45) is 0 Å². The fourth-order valence-electron chi connectivity index (χ4n) is 2.61. The Morgan fingerprint density at radius 1 is 1.32 bits per heavy atom. The summed E-state index contributed by atoms with van der Waals surface area (Å²) in [7, 11) is 0. The molecule has 0 atom stereocenters. The van der Waals surface area contributed by atoms with Gasteiger partial charge in [-0.15, -0.1) is 0 Å². The van der Waals surface area contributed by atoms with Gasteiger partial charge in [-0.05, 0) is 35.0 Å². The van der Waals surface area contributed by atoms with Gasteiger partial charge in [0.05, 0.1) is 0 Å². The second-order valence-electron chi connectivity index (χ2n) is 5.15. The molecule has 1 fully saturated rings. The Bertz CT molecular complexity index is 419. The van der Waals surface area contributed by atoms with E-state index in [-0.39, 0.29) is 0 Å². The molecule has 0 amide bonds. The Kier molecular flexibility index (Phi) is 5.51. The van der Waals surface area contributed by atoms with Crippen LogP contribution in [0.15, 0.2) is 10.7 Å². The maximum atomic E-state index is 4.54. The molecule has 0 bridgehead atoms. The van der Waals surface area contributed by atoms with Gasteiger partial charge in [-0.2, -0.15) is 11.8 Å². The van der Waals surface area contributed by atoms with Crippen LogP contribution in [0.4, 0.5) is 5.82 Å². The lowest BCUT2D eigenvalue weighted by molar-refractivity contribution is 0.411. The van der Waals surface area contributed by atoms with E-state index in [9.17, 15) is 0 Å². The zero-order valence-electron chi connectivity index (χ0n) is 11.7. The van der Waals surface area contributed by atoms with Gasteiger partial charge in [0.25, 0.3) is 0 Å². The largest absolute Gasteiger partial charge is 0.369 e. The Morgan fingerprint density at radius 2 is 2.05 bits per heavy atom. The van der Waals surface area contributed by atoms with Crippen LogP contribution in [0.5, 0.6) is 0 Å². The SMILES string of the molecule is CCc1nc(Br)cc(NCC2(SC)CCCCC2)n1. The summed E-state index contributed by atoms with van der Waals surface area (Å²) in [4.78, 5) is 8.89. The summed E-state index contributed by atoms with van der Waals surface area (Å²) in [6, 6.07) is 1.97. The first kappa shape index (κ1) is 15.1. The van der Waals surface area contributed by atoms with Crippen molar-refractivity contribution < 1.29 is 0 Å². The van der Waals surface area contributed by atoms with E-state index in [1.165, 1.54) is 32.1 Å². The lowest BCUT2D eigenvalue weighted by Gasteiger charge is -2.36. The molecular weight excluding hydrogens is 322 g/mol. The third-order valence-electron chi connectivity index (χ3n) is 3.85. The van der Waals surface area contributed by atoms with Crippen LogP contribution < -0.4 is 5.32 Å². The van der Waals surface area contributed by atoms with Crippen LogP contribution in [0.25, 0.3) is 0 Å². The van der Waals surface area contributed by atoms with E-state index in [2.05, 4.69) is 44.4 Å². The highest BCUT2D eigenvalue weighted by Gasteiger charge is 2.30. The summed E-state index contributed by atoms with van der Waals surface area (Å²) in [6.07, 6.45) is 9.83. The normalized spacial score (nSPS) is 18.3. The molecule has 1 saturated carbocycles. The molecule has 0 aromatic carbocycles. The first-order valence-corrected chi connectivity index (χ1v) is 9.02. The van der Waals surface area contributed by atoms with Crippen LogP contribution in [0.3, 0.4) is 0 Å². The number of nitrogens with one attached hydrogen (secondary N) is 1. The molecule has 0 radical (unpaired) electrons. The number of anilines is 1. The van der Waals surface area contributed by atoms with Crippen molar-refractivity contribution in [3.05, 3.63) is 16.5 Å². The number of rotatable bonds is 5. The third-order valence-corrected chi connectivity index (χ3v) is 5.67. The van der Waals surface area contributed by atoms with Crippen LogP contribution in [0.2, 0.25) is 0 Å². The highest BCUT2D eigenvalue weighted by molar-refractivity contribution is 9.10. The zero-order valence-corrected chi connectivity index (χ0v) is 14.1. The number of hydrogen-bond donors (Lipinski definition) is 1. The average Bonchev–Trinajstić information content (AvgIpc) is 2.45. The Hall–Kier alpha value is -0.290. The van der Waals surface area contributed by atoms with Crippen molar-refractivity contribution in [1.82, 2.24) is 9.97 Å². The summed E-state index contributed by atoms with van der Waals surface area (Å²) in [6.45, 7) is 3.08. The first-order valence-electron chi connectivity index (χ1n) is 7.00. The summed E-state index contributed by atoms with van der Waals surface area (Å²) in [5.41, 5.74) is 0. The molecule has 106 valence electrons. The number of aryl methyl sites for hydroxylation is 1. The van der Waals surface area contributed by atoms with Crippen LogP contribution in [-0.2, 0) is 6.42 Å². The standard InChI is InChI=1S/C14H22BrN3S/c1-3-12-17-11(15)9-13(18-12)16-10-14(19-2)7-5-4-6-8-14/h9H,3-8,10H2,1-2H3,(H,16,17,18). The maximum absolute atomic E-state index is 4.54. The minimum atomic E-state index is 0.391. The van der Waals surface area contributed by atoms with Crippen molar-refractivity contribution in [3.63, 3.8) is 0 Å². The zero-order chi connectivity index (χ0) is 13.7. The number of thioether (sulfide) groups is 1. The smallest absolute Gasteiger partial charge is 0.131 e. The second-order valence-corrected chi connectivity index (χ2v) is 7.23. The molecule has 0 unspecified atom stereocenters. The first-order chi connectivity index (χ1) is 9.17. The van der Waals surface area contributed by atoms with Crippen molar-refractivity contribution >= 4 is 33.5 Å². The third kappa shape index (κ3) is 4.09. The van der Waals surface area contributed by atoms with E-state index >= 15 is 0 Å². The fourth-order valence-corrected chi connectivity index (χ4v) is 3.95. The average molecular weight is 344 g/mol. The topological polar surface area (TPSA) is 37.8 Å². The van der Waals surface area contributed by atoms with E-state index in [0.717, 1.165) is 29.2 Å². The lowest BCUT2D eigenvalue weighted by Crippen LogP contribution is -2.35. The summed E-state index contributed by atoms with van der Waals surface area (Å²) in [5, 5.41) is 3.52. The monoisotopic (exact) mass is 343 g/mol. The summed E-state index contributed by atoms with van der Waals surface area (Å²) in [5.74, 6) is 1.83. The van der Waals surface area contributed by atoms with Gasteiger partial charge in [0.15, 0.2) is 0 Å². The van der Waals surface area contributed by atoms with E-state index < -0.39 is 0 Å². The quantitative estimate of drug-likeness (QED) is 0.809. The highest BCUT2D eigenvalue weighted by atomic mass is 79.9. The van der Waals surface area contributed by atoms with Crippen LogP contribution in [0.1, 0.15) is 44.9 Å². The predicted octanol–water partition coefficient (Wildman–Crippen LogP) is 4.28. The molecule has 0 aliphatic heterocycles. The molecule has 5 heteroatoms. The predicted molar refractivity (Wildman–Crippen MR) is 86.9 cm³/mol. The van der Waals surface area contributed by atoms with E-state index in [1.807, 2.05) is 17.8 Å². The van der Waals surface area contributed by atoms with Gasteiger partial charge >= 0.3 is 0 Å². The van der Waals surface area contributed by atoms with E-state index in [1.54, 1.807) is 0 Å². The Balaban J connectivity index is 2.02. The number of halogens is 1. The van der Waals surface area contributed by atoms with Crippen LogP contribution in [-0.4, -0.2) is 27.5 Å². The second kappa shape index (κ2) is 6.93. The molecule has 19 heavy (non-hydrogen) atoms. The van der Waals surface area contributed by atoms with Crippen LogP contribution in [0, 0.1) is 0 Å². The Morgan fingerprint density at radius 3 is 2.68 bits per heavy atom. The molecule has 1 N–H and O–H groups in total. The van der Waals surface area contributed by atoms with E-state index in [4.69, 9.17) is 0 Å². The Labute approximate surface area is 128 Å². The summed E-state index contributed by atoms with van der Waals surface area (Å²) < 4.78 is 1.26. The maximum Gasteiger partial charge on any atom is 0.131 e. The van der Waals surface area contributed by atoms with Crippen molar-refractivity contribution in [3.8, 4) is 0 Å². The van der Waals surface area contributed by atoms with Gasteiger partial charge in [-0.3, -0.25) is 0 Å². The van der Waals surface area contributed by atoms with Gasteiger partial charge in [0.2, 0.25) is 0 Å².